The summed E-state index contributed by atoms with van der Waals surface area (Å²) in [6.07, 6.45) is 3.34. The summed E-state index contributed by atoms with van der Waals surface area (Å²) in [6, 6.07) is 9.93. The normalized spacial score (nSPS) is 10.0. The highest BCUT2D eigenvalue weighted by Crippen LogP contribution is 2.16. The fourth-order valence-electron chi connectivity index (χ4n) is 2.03. The van der Waals surface area contributed by atoms with Gasteiger partial charge in [-0.25, -0.2) is 4.98 Å². The number of primary amides is 1. The van der Waals surface area contributed by atoms with Gasteiger partial charge in [-0.3, -0.25) is 9.59 Å². The van der Waals surface area contributed by atoms with Crippen LogP contribution >= 0.6 is 12.4 Å². The van der Waals surface area contributed by atoms with E-state index in [-0.39, 0.29) is 18.3 Å². The number of benzene rings is 1. The van der Waals surface area contributed by atoms with Gasteiger partial charge in [-0.1, -0.05) is 6.07 Å². The van der Waals surface area contributed by atoms with Crippen LogP contribution in [0.5, 0.6) is 0 Å². The maximum absolute atomic E-state index is 12.2. The van der Waals surface area contributed by atoms with Crippen LogP contribution in [0, 0.1) is 0 Å². The monoisotopic (exact) mass is 316 g/mol. The van der Waals surface area contributed by atoms with Crippen molar-refractivity contribution in [3.63, 3.8) is 0 Å². The first-order valence-electron chi connectivity index (χ1n) is 6.28. The molecule has 6 nitrogen and oxygen atoms in total. The van der Waals surface area contributed by atoms with Crippen LogP contribution in [0.1, 0.15) is 20.7 Å². The van der Waals surface area contributed by atoms with Crippen LogP contribution in [0.2, 0.25) is 0 Å². The number of anilines is 1. The lowest BCUT2D eigenvalue weighted by molar-refractivity contribution is 0.1000. The highest BCUT2D eigenvalue weighted by atomic mass is 35.5. The Morgan fingerprint density at radius 1 is 1.14 bits per heavy atom. The number of hydrogen-bond donors (Lipinski definition) is 3. The summed E-state index contributed by atoms with van der Waals surface area (Å²) >= 11 is 0. The van der Waals surface area contributed by atoms with Crippen molar-refractivity contribution in [3.05, 3.63) is 59.9 Å². The van der Waals surface area contributed by atoms with E-state index >= 15 is 0 Å². The molecule has 0 saturated heterocycles. The minimum atomic E-state index is -0.569. The Morgan fingerprint density at radius 3 is 2.68 bits per heavy atom. The van der Waals surface area contributed by atoms with Crippen LogP contribution in [0.4, 0.5) is 5.69 Å². The van der Waals surface area contributed by atoms with E-state index in [1.807, 2.05) is 12.1 Å². The van der Waals surface area contributed by atoms with E-state index in [1.54, 1.807) is 30.6 Å². The van der Waals surface area contributed by atoms with Gasteiger partial charge in [0, 0.05) is 22.7 Å². The number of rotatable bonds is 3. The molecule has 0 saturated carbocycles. The first-order chi connectivity index (χ1) is 10.1. The lowest BCUT2D eigenvalue weighted by Crippen LogP contribution is -2.15. The molecule has 4 N–H and O–H groups in total. The summed E-state index contributed by atoms with van der Waals surface area (Å²) in [4.78, 5) is 30.5. The van der Waals surface area contributed by atoms with Crippen LogP contribution in [-0.4, -0.2) is 21.8 Å². The molecule has 2 amide bonds. The number of carbonyl (C=O) groups excluding carboxylic acids is 2. The number of halogens is 1. The zero-order valence-electron chi connectivity index (χ0n) is 11.4. The van der Waals surface area contributed by atoms with Gasteiger partial charge in [-0.15, -0.1) is 12.4 Å². The Balaban J connectivity index is 0.00000176. The van der Waals surface area contributed by atoms with Gasteiger partial charge in [0.05, 0.1) is 11.9 Å². The molecule has 0 aliphatic rings. The van der Waals surface area contributed by atoms with Crippen LogP contribution in [-0.2, 0) is 0 Å². The Hall–Kier alpha value is -2.86. The van der Waals surface area contributed by atoms with E-state index in [1.165, 1.54) is 6.07 Å². The number of H-pyrrole nitrogens is 1. The van der Waals surface area contributed by atoms with Gasteiger partial charge in [-0.05, 0) is 30.3 Å². The molecule has 0 spiro atoms. The van der Waals surface area contributed by atoms with Crippen molar-refractivity contribution in [1.82, 2.24) is 9.97 Å². The lowest BCUT2D eigenvalue weighted by Gasteiger charge is -2.06. The summed E-state index contributed by atoms with van der Waals surface area (Å²) in [6.45, 7) is 0. The molecule has 1 aromatic carbocycles. The van der Waals surface area contributed by atoms with E-state index in [0.29, 0.717) is 16.8 Å². The van der Waals surface area contributed by atoms with E-state index in [2.05, 4.69) is 15.3 Å². The second-order valence-electron chi connectivity index (χ2n) is 4.54. The molecule has 7 heteroatoms. The topological polar surface area (TPSA) is 101 Å². The maximum atomic E-state index is 12.2. The predicted molar refractivity (Wildman–Crippen MR) is 86.3 cm³/mol. The summed E-state index contributed by atoms with van der Waals surface area (Å²) in [5.74, 6) is -0.894. The van der Waals surface area contributed by atoms with Gasteiger partial charge in [0.2, 0.25) is 5.91 Å². The van der Waals surface area contributed by atoms with E-state index in [0.717, 1.165) is 11.0 Å². The van der Waals surface area contributed by atoms with Crippen molar-refractivity contribution in [1.29, 1.82) is 0 Å². The smallest absolute Gasteiger partial charge is 0.255 e. The summed E-state index contributed by atoms with van der Waals surface area (Å²) < 4.78 is 0. The molecule has 22 heavy (non-hydrogen) atoms. The highest BCUT2D eigenvalue weighted by Gasteiger charge is 2.09. The van der Waals surface area contributed by atoms with Crippen molar-refractivity contribution in [2.24, 2.45) is 5.73 Å². The standard InChI is InChI=1S/C15H12N4O2.ClH/c16-13(20)9-2-1-3-11(6-9)15(21)19-12-7-10-4-5-17-14(10)18-8-12;/h1-8H,(H2,16,20)(H,17,18)(H,19,21);1H. The molecule has 0 aliphatic carbocycles. The zero-order chi connectivity index (χ0) is 14.8. The minimum absolute atomic E-state index is 0. The van der Waals surface area contributed by atoms with Crippen molar-refractivity contribution in [3.8, 4) is 0 Å². The molecule has 3 aromatic rings. The van der Waals surface area contributed by atoms with Crippen LogP contribution in [0.3, 0.4) is 0 Å². The number of amides is 2. The minimum Gasteiger partial charge on any atom is -0.366 e. The van der Waals surface area contributed by atoms with E-state index in [4.69, 9.17) is 5.73 Å². The molecule has 112 valence electrons. The molecule has 2 heterocycles. The van der Waals surface area contributed by atoms with Crippen LogP contribution < -0.4 is 11.1 Å². The molecule has 0 fully saturated rings. The van der Waals surface area contributed by atoms with Gasteiger partial charge in [0.25, 0.3) is 5.91 Å². The summed E-state index contributed by atoms with van der Waals surface area (Å²) in [5, 5.41) is 3.64. The maximum Gasteiger partial charge on any atom is 0.255 e. The quantitative estimate of drug-likeness (QED) is 0.691. The molecular weight excluding hydrogens is 304 g/mol. The average molecular weight is 317 g/mol. The first kappa shape index (κ1) is 15.5. The van der Waals surface area contributed by atoms with Crippen LogP contribution in [0.15, 0.2) is 48.8 Å². The van der Waals surface area contributed by atoms with Crippen molar-refractivity contribution >= 4 is 40.9 Å². The molecule has 2 aromatic heterocycles. The van der Waals surface area contributed by atoms with Gasteiger partial charge >= 0.3 is 0 Å². The van der Waals surface area contributed by atoms with E-state index < -0.39 is 5.91 Å². The van der Waals surface area contributed by atoms with Gasteiger partial charge in [0.1, 0.15) is 5.65 Å². The van der Waals surface area contributed by atoms with Gasteiger partial charge < -0.3 is 16.0 Å². The molecule has 3 rings (SSSR count). The predicted octanol–water partition coefficient (Wildman–Crippen LogP) is 2.34. The number of nitrogens with two attached hydrogens (primary N) is 1. The first-order valence-corrected chi connectivity index (χ1v) is 6.28. The number of aromatic amines is 1. The SMILES string of the molecule is Cl.NC(=O)c1cccc(C(=O)Nc2cnc3[nH]ccc3c2)c1. The number of nitrogens with one attached hydrogen (secondary N) is 2. The second kappa shape index (κ2) is 6.28. The summed E-state index contributed by atoms with van der Waals surface area (Å²) in [5.41, 5.74) is 7.19. The number of nitrogens with zero attached hydrogens (tertiary/aromatic N) is 1. The molecular formula is C15H13ClN4O2. The Bertz CT molecular complexity index is 844. The largest absolute Gasteiger partial charge is 0.366 e. The van der Waals surface area contributed by atoms with E-state index in [9.17, 15) is 9.59 Å². The summed E-state index contributed by atoms with van der Waals surface area (Å²) in [7, 11) is 0. The third-order valence-corrected chi connectivity index (χ3v) is 3.07. The Morgan fingerprint density at radius 2 is 1.91 bits per heavy atom. The van der Waals surface area contributed by atoms with Crippen molar-refractivity contribution in [2.45, 2.75) is 0 Å². The highest BCUT2D eigenvalue weighted by molar-refractivity contribution is 6.06. The third-order valence-electron chi connectivity index (χ3n) is 3.07. The average Bonchev–Trinajstić information content (AvgIpc) is 2.95. The fourth-order valence-corrected chi connectivity index (χ4v) is 2.03. The number of hydrogen-bond acceptors (Lipinski definition) is 3. The molecule has 0 radical (unpaired) electrons. The van der Waals surface area contributed by atoms with Gasteiger partial charge in [-0.2, -0.15) is 0 Å². The molecule has 0 aliphatic heterocycles. The van der Waals surface area contributed by atoms with Crippen LogP contribution in [0.25, 0.3) is 11.0 Å². The molecule has 0 bridgehead atoms. The molecule has 0 unspecified atom stereocenters. The third kappa shape index (κ3) is 3.07. The van der Waals surface area contributed by atoms with Crippen molar-refractivity contribution < 1.29 is 9.59 Å². The zero-order valence-corrected chi connectivity index (χ0v) is 12.2. The lowest BCUT2D eigenvalue weighted by atomic mass is 10.1. The van der Waals surface area contributed by atoms with Gasteiger partial charge in [0.15, 0.2) is 0 Å². The number of carbonyl (C=O) groups is 2. The molecule has 0 atom stereocenters. The van der Waals surface area contributed by atoms with Crippen molar-refractivity contribution in [2.75, 3.05) is 5.32 Å². The number of aromatic nitrogens is 2. The number of pyridine rings is 1. The fraction of sp³-hybridized carbons (Fsp3) is 0. The Kier molecular flexibility index (Phi) is 4.43. The second-order valence-corrected chi connectivity index (χ2v) is 4.54. The Labute approximate surface area is 132 Å². The number of fused-ring (bicyclic) bond motifs is 1.